The van der Waals surface area contributed by atoms with E-state index < -0.39 is 22.1 Å². The van der Waals surface area contributed by atoms with Gasteiger partial charge in [-0.25, -0.2) is 17.9 Å². The van der Waals surface area contributed by atoms with Gasteiger partial charge < -0.3 is 19.3 Å². The molecule has 2 rings (SSSR count). The summed E-state index contributed by atoms with van der Waals surface area (Å²) < 4.78 is 42.0. The van der Waals surface area contributed by atoms with E-state index >= 15 is 0 Å². The first kappa shape index (κ1) is 20.2. The lowest BCUT2D eigenvalue weighted by Crippen LogP contribution is -2.29. The largest absolute Gasteiger partial charge is 0.493 e. The minimum atomic E-state index is -3.99. The first-order valence-corrected chi connectivity index (χ1v) is 9.75. The van der Waals surface area contributed by atoms with Crippen LogP contribution in [-0.4, -0.2) is 47.4 Å². The highest BCUT2D eigenvalue weighted by atomic mass is 32.2. The molecule has 0 aliphatic carbocycles. The van der Waals surface area contributed by atoms with Gasteiger partial charge in [0, 0.05) is 6.54 Å². The third-order valence-corrected chi connectivity index (χ3v) is 6.04. The van der Waals surface area contributed by atoms with Crippen molar-refractivity contribution in [1.29, 1.82) is 0 Å². The third-order valence-electron chi connectivity index (χ3n) is 3.55. The Kier molecular flexibility index (Phi) is 6.59. The number of ether oxygens (including phenoxy) is 3. The fraction of sp³-hybridized carbons (Fsp3) is 0.312. The number of esters is 1. The number of thiophene rings is 1. The molecule has 0 amide bonds. The molecule has 1 aromatic heterocycles. The molecule has 2 aromatic rings. The minimum Gasteiger partial charge on any atom is -0.493 e. The van der Waals surface area contributed by atoms with Gasteiger partial charge in [0.05, 0.1) is 27.4 Å². The van der Waals surface area contributed by atoms with Crippen LogP contribution < -0.4 is 14.2 Å². The van der Waals surface area contributed by atoms with Crippen molar-refractivity contribution < 1.29 is 32.5 Å². The Morgan fingerprint density at radius 1 is 1.19 bits per heavy atom. The Labute approximate surface area is 155 Å². The smallest absolute Gasteiger partial charge is 0.349 e. The topological polar surface area (TPSA) is 111 Å². The van der Waals surface area contributed by atoms with E-state index in [0.717, 1.165) is 11.3 Å². The van der Waals surface area contributed by atoms with Crippen molar-refractivity contribution >= 4 is 27.3 Å². The summed E-state index contributed by atoms with van der Waals surface area (Å²) >= 11 is 0.962. The number of hydrogen-bond donors (Lipinski definition) is 2. The molecule has 0 bridgehead atoms. The van der Waals surface area contributed by atoms with Crippen LogP contribution in [0.15, 0.2) is 34.5 Å². The van der Waals surface area contributed by atoms with Gasteiger partial charge in [-0.05, 0) is 29.1 Å². The van der Waals surface area contributed by atoms with Crippen molar-refractivity contribution in [3.8, 4) is 11.5 Å². The van der Waals surface area contributed by atoms with E-state index in [0.29, 0.717) is 17.1 Å². The van der Waals surface area contributed by atoms with Crippen molar-refractivity contribution in [1.82, 2.24) is 4.72 Å². The lowest BCUT2D eigenvalue weighted by atomic mass is 10.1. The lowest BCUT2D eigenvalue weighted by Gasteiger charge is -2.15. The third kappa shape index (κ3) is 4.33. The maximum Gasteiger partial charge on any atom is 0.349 e. The predicted octanol–water partition coefficient (Wildman–Crippen LogP) is 1.56. The quantitative estimate of drug-likeness (QED) is 0.646. The van der Waals surface area contributed by atoms with Crippen LogP contribution in [0.2, 0.25) is 0 Å². The Hall–Kier alpha value is -2.14. The number of carbonyl (C=O) groups excluding carboxylic acids is 1. The number of aliphatic hydroxyl groups excluding tert-OH is 1. The summed E-state index contributed by atoms with van der Waals surface area (Å²) in [6, 6.07) is 6.08. The Balaban J connectivity index is 2.15. The summed E-state index contributed by atoms with van der Waals surface area (Å²) in [4.78, 5) is 11.4. The number of aliphatic hydroxyl groups is 1. The second-order valence-electron chi connectivity index (χ2n) is 5.09. The molecule has 26 heavy (non-hydrogen) atoms. The molecule has 142 valence electrons. The van der Waals surface area contributed by atoms with Crippen LogP contribution in [0.4, 0.5) is 0 Å². The SMILES string of the molecule is COC(=O)c1sccc1S(=O)(=O)NCC(O)c1ccc(OC)c(OC)c1. The Morgan fingerprint density at radius 3 is 2.50 bits per heavy atom. The number of sulfonamides is 1. The van der Waals surface area contributed by atoms with E-state index in [-0.39, 0.29) is 16.3 Å². The number of benzene rings is 1. The molecule has 1 aromatic carbocycles. The molecule has 10 heteroatoms. The summed E-state index contributed by atoms with van der Waals surface area (Å²) in [6.45, 7) is -0.283. The van der Waals surface area contributed by atoms with Crippen molar-refractivity contribution in [2.24, 2.45) is 0 Å². The highest BCUT2D eigenvalue weighted by Gasteiger charge is 2.25. The van der Waals surface area contributed by atoms with Gasteiger partial charge in [0.2, 0.25) is 10.0 Å². The normalized spacial score (nSPS) is 12.5. The molecule has 8 nitrogen and oxygen atoms in total. The maximum atomic E-state index is 12.4. The van der Waals surface area contributed by atoms with E-state index in [9.17, 15) is 18.3 Å². The second-order valence-corrected chi connectivity index (χ2v) is 7.74. The van der Waals surface area contributed by atoms with Gasteiger partial charge in [0.15, 0.2) is 11.5 Å². The first-order valence-electron chi connectivity index (χ1n) is 7.39. The summed E-state index contributed by atoms with van der Waals surface area (Å²) in [5.41, 5.74) is 0.448. The fourth-order valence-electron chi connectivity index (χ4n) is 2.19. The van der Waals surface area contributed by atoms with Crippen molar-refractivity contribution in [3.63, 3.8) is 0 Å². The standard InChI is InChI=1S/C16H19NO7S2/c1-22-12-5-4-10(8-13(12)23-2)11(18)9-17-26(20,21)14-6-7-25-15(14)16(19)24-3/h4-8,11,17-18H,9H2,1-3H3. The van der Waals surface area contributed by atoms with E-state index in [1.807, 2.05) is 0 Å². The van der Waals surface area contributed by atoms with Crippen LogP contribution in [0.5, 0.6) is 11.5 Å². The van der Waals surface area contributed by atoms with Gasteiger partial charge in [-0.3, -0.25) is 0 Å². The van der Waals surface area contributed by atoms with Crippen LogP contribution in [0, 0.1) is 0 Å². The molecule has 1 heterocycles. The van der Waals surface area contributed by atoms with Gasteiger partial charge in [0.25, 0.3) is 0 Å². The molecule has 0 aliphatic rings. The average molecular weight is 401 g/mol. The summed E-state index contributed by atoms with van der Waals surface area (Å²) in [5.74, 6) is 0.170. The first-order chi connectivity index (χ1) is 12.3. The average Bonchev–Trinajstić information content (AvgIpc) is 3.15. The van der Waals surface area contributed by atoms with E-state index in [2.05, 4.69) is 9.46 Å². The number of hydrogen-bond acceptors (Lipinski definition) is 8. The molecule has 2 N–H and O–H groups in total. The Bertz CT molecular complexity index is 876. The zero-order valence-electron chi connectivity index (χ0n) is 14.4. The molecule has 0 spiro atoms. The van der Waals surface area contributed by atoms with E-state index in [1.54, 1.807) is 18.2 Å². The van der Waals surface area contributed by atoms with Crippen molar-refractivity contribution in [2.75, 3.05) is 27.9 Å². The zero-order chi connectivity index (χ0) is 19.3. The molecule has 0 radical (unpaired) electrons. The highest BCUT2D eigenvalue weighted by Crippen LogP contribution is 2.30. The molecule has 0 fully saturated rings. The van der Waals surface area contributed by atoms with Crippen molar-refractivity contribution in [3.05, 3.63) is 40.1 Å². The van der Waals surface area contributed by atoms with E-state index in [4.69, 9.17) is 9.47 Å². The molecule has 0 aliphatic heterocycles. The van der Waals surface area contributed by atoms with Crippen LogP contribution in [-0.2, 0) is 14.8 Å². The summed E-state index contributed by atoms with van der Waals surface area (Å²) in [6.07, 6.45) is -1.12. The van der Waals surface area contributed by atoms with Crippen molar-refractivity contribution in [2.45, 2.75) is 11.0 Å². The lowest BCUT2D eigenvalue weighted by molar-refractivity contribution is 0.0602. The van der Waals surface area contributed by atoms with Crippen LogP contribution >= 0.6 is 11.3 Å². The molecule has 1 atom stereocenters. The number of methoxy groups -OCH3 is 3. The van der Waals surface area contributed by atoms with Crippen LogP contribution in [0.1, 0.15) is 21.3 Å². The van der Waals surface area contributed by atoms with E-state index in [1.165, 1.54) is 32.8 Å². The summed E-state index contributed by atoms with van der Waals surface area (Å²) in [5, 5.41) is 11.8. The Morgan fingerprint density at radius 2 is 1.88 bits per heavy atom. The summed E-state index contributed by atoms with van der Waals surface area (Å²) in [7, 11) is 0.131. The van der Waals surface area contributed by atoms with Crippen LogP contribution in [0.25, 0.3) is 0 Å². The predicted molar refractivity (Wildman–Crippen MR) is 95.4 cm³/mol. The number of nitrogens with one attached hydrogen (secondary N) is 1. The van der Waals surface area contributed by atoms with Gasteiger partial charge >= 0.3 is 5.97 Å². The fourth-order valence-corrected chi connectivity index (χ4v) is 4.57. The monoisotopic (exact) mass is 401 g/mol. The maximum absolute atomic E-state index is 12.4. The van der Waals surface area contributed by atoms with Crippen LogP contribution in [0.3, 0.4) is 0 Å². The number of rotatable bonds is 8. The molecular formula is C16H19NO7S2. The van der Waals surface area contributed by atoms with Gasteiger partial charge in [-0.2, -0.15) is 0 Å². The highest BCUT2D eigenvalue weighted by molar-refractivity contribution is 7.89. The molecule has 0 saturated heterocycles. The second kappa shape index (κ2) is 8.49. The molecular weight excluding hydrogens is 382 g/mol. The molecule has 1 unspecified atom stereocenters. The minimum absolute atomic E-state index is 0.0272. The van der Waals surface area contributed by atoms with Gasteiger partial charge in [-0.1, -0.05) is 6.07 Å². The van der Waals surface area contributed by atoms with Gasteiger partial charge in [-0.15, -0.1) is 11.3 Å². The number of carbonyl (C=O) groups is 1. The van der Waals surface area contributed by atoms with Gasteiger partial charge in [0.1, 0.15) is 9.77 Å². The zero-order valence-corrected chi connectivity index (χ0v) is 16.0. The molecule has 0 saturated carbocycles.